The van der Waals surface area contributed by atoms with Crippen LogP contribution in [0.3, 0.4) is 0 Å². The van der Waals surface area contributed by atoms with Crippen LogP contribution in [0, 0.1) is 5.92 Å². The second-order valence-corrected chi connectivity index (χ2v) is 7.45. The lowest BCUT2D eigenvalue weighted by molar-refractivity contribution is 0.00547. The van der Waals surface area contributed by atoms with Crippen LogP contribution >= 0.6 is 0 Å². The van der Waals surface area contributed by atoms with Crippen molar-refractivity contribution in [3.05, 3.63) is 23.3 Å². The summed E-state index contributed by atoms with van der Waals surface area (Å²) in [4.78, 5) is 0. The summed E-state index contributed by atoms with van der Waals surface area (Å²) in [7, 11) is 0. The molecule has 1 heterocycles. The SMILES string of the molecule is CCCCCc1cc(O)c2c(c1)OC(C)(C)C(CCCO)C2C. The number of fused-ring (bicyclic) bond motifs is 1. The molecule has 0 saturated heterocycles. The largest absolute Gasteiger partial charge is 0.508 e. The topological polar surface area (TPSA) is 49.7 Å². The number of aliphatic hydroxyl groups excluding tert-OH is 1. The van der Waals surface area contributed by atoms with Crippen molar-refractivity contribution in [2.45, 2.75) is 77.7 Å². The second kappa shape index (κ2) is 7.57. The molecule has 2 rings (SSSR count). The third-order valence-electron chi connectivity index (χ3n) is 5.25. The highest BCUT2D eigenvalue weighted by Gasteiger charge is 2.42. The molecule has 2 atom stereocenters. The fourth-order valence-electron chi connectivity index (χ4n) is 4.00. The molecule has 130 valence electrons. The van der Waals surface area contributed by atoms with Gasteiger partial charge >= 0.3 is 0 Å². The summed E-state index contributed by atoms with van der Waals surface area (Å²) < 4.78 is 6.29. The Bertz CT molecular complexity index is 522. The molecule has 0 bridgehead atoms. The summed E-state index contributed by atoms with van der Waals surface area (Å²) in [6.07, 6.45) is 6.22. The Hall–Kier alpha value is -1.22. The molecule has 0 spiro atoms. The molecule has 0 aliphatic carbocycles. The molecule has 1 aromatic rings. The highest BCUT2D eigenvalue weighted by Crippen LogP contribution is 2.50. The third-order valence-corrected chi connectivity index (χ3v) is 5.25. The molecule has 0 fully saturated rings. The van der Waals surface area contributed by atoms with Crippen LogP contribution in [-0.2, 0) is 6.42 Å². The molecule has 0 radical (unpaired) electrons. The smallest absolute Gasteiger partial charge is 0.127 e. The number of hydrogen-bond donors (Lipinski definition) is 2. The number of phenols is 1. The van der Waals surface area contributed by atoms with Gasteiger partial charge in [0, 0.05) is 18.1 Å². The Morgan fingerprint density at radius 3 is 2.57 bits per heavy atom. The van der Waals surface area contributed by atoms with E-state index in [2.05, 4.69) is 33.8 Å². The minimum absolute atomic E-state index is 0.203. The maximum absolute atomic E-state index is 10.5. The van der Waals surface area contributed by atoms with Crippen LogP contribution in [-0.4, -0.2) is 22.4 Å². The number of ether oxygens (including phenoxy) is 1. The number of hydrogen-bond acceptors (Lipinski definition) is 3. The lowest BCUT2D eigenvalue weighted by Gasteiger charge is -2.44. The zero-order chi connectivity index (χ0) is 17.0. The zero-order valence-electron chi connectivity index (χ0n) is 15.1. The first-order valence-corrected chi connectivity index (χ1v) is 9.06. The Morgan fingerprint density at radius 1 is 1.17 bits per heavy atom. The van der Waals surface area contributed by atoms with Crippen LogP contribution in [0.15, 0.2) is 12.1 Å². The molecular formula is C20H32O3. The van der Waals surface area contributed by atoms with Gasteiger partial charge in [-0.05, 0) is 63.1 Å². The first kappa shape index (κ1) is 18.1. The van der Waals surface area contributed by atoms with Gasteiger partial charge in [0.1, 0.15) is 17.1 Å². The standard InChI is InChI=1S/C20H32O3/c1-5-6-7-9-15-12-17(22)19-14(2)16(10-8-11-21)20(3,4)23-18(19)13-15/h12-14,16,21-22H,5-11H2,1-4H3. The van der Waals surface area contributed by atoms with Gasteiger partial charge < -0.3 is 14.9 Å². The molecule has 0 amide bonds. The molecule has 2 unspecified atom stereocenters. The van der Waals surface area contributed by atoms with E-state index in [0.29, 0.717) is 11.7 Å². The van der Waals surface area contributed by atoms with Gasteiger partial charge in [-0.25, -0.2) is 0 Å². The van der Waals surface area contributed by atoms with Crippen LogP contribution in [0.5, 0.6) is 11.5 Å². The molecule has 1 aromatic carbocycles. The summed E-state index contributed by atoms with van der Waals surface area (Å²) in [5.41, 5.74) is 1.81. The number of aromatic hydroxyl groups is 1. The summed E-state index contributed by atoms with van der Waals surface area (Å²) >= 11 is 0. The van der Waals surface area contributed by atoms with Gasteiger partial charge in [0.25, 0.3) is 0 Å². The number of aliphatic hydroxyl groups is 1. The number of rotatable bonds is 7. The predicted octanol–water partition coefficient (Wildman–Crippen LogP) is 4.79. The van der Waals surface area contributed by atoms with E-state index in [1.165, 1.54) is 12.8 Å². The molecular weight excluding hydrogens is 288 g/mol. The van der Waals surface area contributed by atoms with E-state index in [1.54, 1.807) is 0 Å². The van der Waals surface area contributed by atoms with Gasteiger partial charge in [0.05, 0.1) is 0 Å². The van der Waals surface area contributed by atoms with Gasteiger partial charge in [-0.1, -0.05) is 26.7 Å². The normalized spacial score (nSPS) is 22.5. The van der Waals surface area contributed by atoms with Crippen molar-refractivity contribution in [3.8, 4) is 11.5 Å². The third kappa shape index (κ3) is 4.00. The fraction of sp³-hybridized carbons (Fsp3) is 0.700. The minimum atomic E-state index is -0.282. The molecule has 0 aromatic heterocycles. The maximum atomic E-state index is 10.5. The Balaban J connectivity index is 2.28. The second-order valence-electron chi connectivity index (χ2n) is 7.45. The lowest BCUT2D eigenvalue weighted by atomic mass is 9.72. The van der Waals surface area contributed by atoms with Crippen molar-refractivity contribution in [2.24, 2.45) is 5.92 Å². The number of benzene rings is 1. The first-order valence-electron chi connectivity index (χ1n) is 9.06. The first-order chi connectivity index (χ1) is 10.9. The highest BCUT2D eigenvalue weighted by molar-refractivity contribution is 5.51. The molecule has 2 N–H and O–H groups in total. The van der Waals surface area contributed by atoms with Crippen molar-refractivity contribution in [2.75, 3.05) is 6.61 Å². The summed E-state index contributed by atoms with van der Waals surface area (Å²) in [6.45, 7) is 8.81. The predicted molar refractivity (Wildman–Crippen MR) is 94.3 cm³/mol. The van der Waals surface area contributed by atoms with Crippen LogP contribution in [0.25, 0.3) is 0 Å². The van der Waals surface area contributed by atoms with E-state index < -0.39 is 0 Å². The average molecular weight is 320 g/mol. The Morgan fingerprint density at radius 2 is 1.91 bits per heavy atom. The van der Waals surface area contributed by atoms with Crippen molar-refractivity contribution < 1.29 is 14.9 Å². The zero-order valence-corrected chi connectivity index (χ0v) is 15.1. The van der Waals surface area contributed by atoms with E-state index in [4.69, 9.17) is 9.84 Å². The highest BCUT2D eigenvalue weighted by atomic mass is 16.5. The van der Waals surface area contributed by atoms with Crippen LogP contribution in [0.2, 0.25) is 0 Å². The number of aryl methyl sites for hydroxylation is 1. The van der Waals surface area contributed by atoms with Gasteiger partial charge in [-0.3, -0.25) is 0 Å². The van der Waals surface area contributed by atoms with E-state index in [-0.39, 0.29) is 18.1 Å². The van der Waals surface area contributed by atoms with Crippen molar-refractivity contribution in [3.63, 3.8) is 0 Å². The summed E-state index contributed by atoms with van der Waals surface area (Å²) in [5, 5.41) is 19.7. The molecule has 3 nitrogen and oxygen atoms in total. The van der Waals surface area contributed by atoms with Gasteiger partial charge in [0.2, 0.25) is 0 Å². The van der Waals surface area contributed by atoms with E-state index in [0.717, 1.165) is 42.6 Å². The van der Waals surface area contributed by atoms with Gasteiger partial charge in [0.15, 0.2) is 0 Å². The van der Waals surface area contributed by atoms with Crippen LogP contribution in [0.4, 0.5) is 0 Å². The average Bonchev–Trinajstić information content (AvgIpc) is 2.45. The molecule has 23 heavy (non-hydrogen) atoms. The van der Waals surface area contributed by atoms with Crippen molar-refractivity contribution in [1.29, 1.82) is 0 Å². The van der Waals surface area contributed by atoms with Gasteiger partial charge in [-0.15, -0.1) is 0 Å². The van der Waals surface area contributed by atoms with Crippen molar-refractivity contribution in [1.82, 2.24) is 0 Å². The summed E-state index contributed by atoms with van der Waals surface area (Å²) in [6, 6.07) is 4.03. The van der Waals surface area contributed by atoms with Gasteiger partial charge in [-0.2, -0.15) is 0 Å². The molecule has 3 heteroatoms. The van der Waals surface area contributed by atoms with Crippen LogP contribution < -0.4 is 4.74 Å². The van der Waals surface area contributed by atoms with Crippen LogP contribution in [0.1, 0.15) is 76.8 Å². The molecule has 0 saturated carbocycles. The van der Waals surface area contributed by atoms with E-state index >= 15 is 0 Å². The van der Waals surface area contributed by atoms with Crippen molar-refractivity contribution >= 4 is 0 Å². The Labute approximate surface area is 140 Å². The number of phenolic OH excluding ortho intramolecular Hbond substituents is 1. The monoisotopic (exact) mass is 320 g/mol. The lowest BCUT2D eigenvalue weighted by Crippen LogP contribution is -2.44. The molecule has 1 aliphatic heterocycles. The fourth-order valence-corrected chi connectivity index (χ4v) is 4.00. The van der Waals surface area contributed by atoms with E-state index in [1.807, 2.05) is 6.07 Å². The minimum Gasteiger partial charge on any atom is -0.508 e. The summed E-state index contributed by atoms with van der Waals surface area (Å²) in [5.74, 6) is 1.73. The van der Waals surface area contributed by atoms with E-state index in [9.17, 15) is 5.11 Å². The maximum Gasteiger partial charge on any atom is 0.127 e. The molecule has 1 aliphatic rings. The Kier molecular flexibility index (Phi) is 5.96. The quantitative estimate of drug-likeness (QED) is 0.710. The number of unbranched alkanes of at least 4 members (excludes halogenated alkanes) is 2.